The zero-order chi connectivity index (χ0) is 28.6. The average molecular weight is 561 g/mol. The fourth-order valence-corrected chi connectivity index (χ4v) is 4.77. The minimum atomic E-state index is -0.310. The number of carbonyl (C=O) groups excluding carboxylic acids is 1. The van der Waals surface area contributed by atoms with Gasteiger partial charge in [0.05, 0.1) is 47.5 Å². The Bertz CT molecular complexity index is 1480. The number of methoxy groups -OCH3 is 1. The van der Waals surface area contributed by atoms with Crippen molar-refractivity contribution in [3.63, 3.8) is 0 Å². The van der Waals surface area contributed by atoms with Crippen molar-refractivity contribution in [2.75, 3.05) is 54.7 Å². The van der Waals surface area contributed by atoms with E-state index in [0.717, 1.165) is 54.0 Å². The number of rotatable bonds is 13. The number of nitrogens with one attached hydrogen (secondary N) is 2. The van der Waals surface area contributed by atoms with E-state index in [1.54, 1.807) is 7.11 Å². The van der Waals surface area contributed by atoms with Crippen LogP contribution in [0, 0.1) is 0 Å². The Morgan fingerprint density at radius 1 is 1.12 bits per heavy atom. The van der Waals surface area contributed by atoms with Gasteiger partial charge in [0.25, 0.3) is 0 Å². The predicted octanol–water partition coefficient (Wildman–Crippen LogP) is 4.94. The molecule has 0 bridgehead atoms. The molecule has 0 fully saturated rings. The molecule has 0 aliphatic rings. The number of nitrogens with zero attached hydrogens (tertiary/aromatic N) is 6. The van der Waals surface area contributed by atoms with Gasteiger partial charge in [-0.05, 0) is 31.3 Å². The van der Waals surface area contributed by atoms with E-state index in [4.69, 9.17) is 4.74 Å². The lowest BCUT2D eigenvalue weighted by Gasteiger charge is -2.29. The van der Waals surface area contributed by atoms with Crippen LogP contribution < -0.4 is 20.3 Å². The fourth-order valence-electron chi connectivity index (χ4n) is 4.48. The number of fused-ring (bicyclic) bond motifs is 1. The first-order valence-corrected chi connectivity index (χ1v) is 13.8. The van der Waals surface area contributed by atoms with Crippen LogP contribution in [0.25, 0.3) is 22.2 Å². The maximum absolute atomic E-state index is 12.4. The first-order chi connectivity index (χ1) is 19.4. The molecule has 11 heteroatoms. The first-order valence-electron chi connectivity index (χ1n) is 13.1. The van der Waals surface area contributed by atoms with E-state index in [1.165, 1.54) is 12.4 Å². The summed E-state index contributed by atoms with van der Waals surface area (Å²) < 4.78 is 7.60. The Morgan fingerprint density at radius 3 is 2.62 bits per heavy atom. The van der Waals surface area contributed by atoms with Gasteiger partial charge in [0, 0.05) is 43.2 Å². The third-order valence-corrected chi connectivity index (χ3v) is 7.17. The number of carbonyl (C=O) groups is 1. The van der Waals surface area contributed by atoms with Crippen molar-refractivity contribution in [2.45, 2.75) is 13.8 Å². The molecule has 0 radical (unpaired) electrons. The van der Waals surface area contributed by atoms with E-state index in [9.17, 15) is 4.79 Å². The van der Waals surface area contributed by atoms with Gasteiger partial charge >= 0.3 is 0 Å². The predicted molar refractivity (Wildman–Crippen MR) is 166 cm³/mol. The molecule has 0 saturated heterocycles. The van der Waals surface area contributed by atoms with Crippen LogP contribution in [0.15, 0.2) is 61.6 Å². The van der Waals surface area contributed by atoms with Crippen LogP contribution in [0.2, 0.25) is 0 Å². The fraction of sp³-hybridized carbons (Fsp3) is 0.310. The van der Waals surface area contributed by atoms with Crippen molar-refractivity contribution in [3.05, 3.63) is 61.6 Å². The zero-order valence-electron chi connectivity index (χ0n) is 23.4. The quantitative estimate of drug-likeness (QED) is 0.120. The molecule has 2 aromatic heterocycles. The molecule has 2 aromatic carbocycles. The molecule has 40 heavy (non-hydrogen) atoms. The number of thiol groups is 1. The summed E-state index contributed by atoms with van der Waals surface area (Å²) in [6.07, 6.45) is 4.60. The smallest absolute Gasteiger partial charge is 0.247 e. The minimum Gasteiger partial charge on any atom is -0.494 e. The number of hydrogen-bond acceptors (Lipinski definition) is 9. The molecule has 1 amide bonds. The van der Waals surface area contributed by atoms with Gasteiger partial charge in [-0.3, -0.25) is 9.48 Å². The third kappa shape index (κ3) is 6.54. The second-order valence-electron chi connectivity index (χ2n) is 9.15. The molecule has 0 aliphatic carbocycles. The number of hydrogen-bond donors (Lipinski definition) is 3. The maximum atomic E-state index is 12.4. The molecule has 0 saturated carbocycles. The van der Waals surface area contributed by atoms with Crippen molar-refractivity contribution in [1.82, 2.24) is 24.6 Å². The molecule has 210 valence electrons. The van der Waals surface area contributed by atoms with Gasteiger partial charge in [-0.2, -0.15) is 17.7 Å². The summed E-state index contributed by atoms with van der Waals surface area (Å²) in [7, 11) is 3.53. The van der Waals surface area contributed by atoms with Crippen LogP contribution >= 0.6 is 12.6 Å². The van der Waals surface area contributed by atoms with Gasteiger partial charge in [-0.25, -0.2) is 9.97 Å². The number of aryl methyl sites for hydroxylation is 1. The number of benzene rings is 2. The minimum absolute atomic E-state index is 0.310. The Labute approximate surface area is 240 Å². The lowest BCUT2D eigenvalue weighted by atomic mass is 10.1. The highest BCUT2D eigenvalue weighted by Gasteiger charge is 2.18. The summed E-state index contributed by atoms with van der Waals surface area (Å²) >= 11 is 4.58. The summed E-state index contributed by atoms with van der Waals surface area (Å²) in [4.78, 5) is 25.7. The highest BCUT2D eigenvalue weighted by molar-refractivity contribution is 7.80. The molecule has 2 N–H and O–H groups in total. The summed E-state index contributed by atoms with van der Waals surface area (Å²) in [6, 6.07) is 11.7. The largest absolute Gasteiger partial charge is 0.494 e. The zero-order valence-corrected chi connectivity index (χ0v) is 24.3. The van der Waals surface area contributed by atoms with Crippen molar-refractivity contribution in [2.24, 2.45) is 7.05 Å². The van der Waals surface area contributed by atoms with E-state index < -0.39 is 0 Å². The second kappa shape index (κ2) is 13.3. The molecular formula is C29H36N8O2S. The van der Waals surface area contributed by atoms with Crippen LogP contribution in [0.5, 0.6) is 5.75 Å². The molecular weight excluding hydrogens is 524 g/mol. The molecule has 0 atom stereocenters. The topological polar surface area (TPSA) is 100 Å². The van der Waals surface area contributed by atoms with Crippen LogP contribution in [0.3, 0.4) is 0 Å². The molecule has 10 nitrogen and oxygen atoms in total. The highest BCUT2D eigenvalue weighted by Crippen LogP contribution is 2.39. The van der Waals surface area contributed by atoms with E-state index in [2.05, 4.69) is 74.6 Å². The Balaban J connectivity index is 1.68. The highest BCUT2D eigenvalue weighted by atomic mass is 32.1. The van der Waals surface area contributed by atoms with Gasteiger partial charge < -0.3 is 25.2 Å². The van der Waals surface area contributed by atoms with E-state index >= 15 is 0 Å². The SMILES string of the molecule is C=CC(=O)Nc1cc(Nc2cc(-c3ccc4cnn(C)c4c3)ncn2)c(OC)cc1N(CS)CCN(CC)CC. The van der Waals surface area contributed by atoms with Crippen LogP contribution in [-0.2, 0) is 11.8 Å². The summed E-state index contributed by atoms with van der Waals surface area (Å²) in [5, 5.41) is 11.7. The Kier molecular flexibility index (Phi) is 9.62. The Hall–Kier alpha value is -4.09. The number of anilines is 4. The van der Waals surface area contributed by atoms with E-state index in [1.807, 2.05) is 48.3 Å². The van der Waals surface area contributed by atoms with Crippen molar-refractivity contribution < 1.29 is 9.53 Å². The van der Waals surface area contributed by atoms with Crippen LogP contribution in [0.1, 0.15) is 13.8 Å². The van der Waals surface area contributed by atoms with Gasteiger partial charge in [0.1, 0.15) is 17.9 Å². The molecule has 0 unspecified atom stereocenters. The van der Waals surface area contributed by atoms with Crippen molar-refractivity contribution in [3.8, 4) is 17.0 Å². The van der Waals surface area contributed by atoms with Crippen LogP contribution in [0.4, 0.5) is 22.9 Å². The normalized spacial score (nSPS) is 11.1. The van der Waals surface area contributed by atoms with E-state index in [-0.39, 0.29) is 5.91 Å². The third-order valence-electron chi connectivity index (χ3n) is 6.83. The molecule has 2 heterocycles. The Morgan fingerprint density at radius 2 is 1.93 bits per heavy atom. The number of likely N-dealkylation sites (N-methyl/N-ethyl adjacent to an activating group) is 1. The summed E-state index contributed by atoms with van der Waals surface area (Å²) in [5.41, 5.74) is 4.76. The van der Waals surface area contributed by atoms with E-state index in [0.29, 0.717) is 28.8 Å². The van der Waals surface area contributed by atoms with Gasteiger partial charge in [0.2, 0.25) is 5.91 Å². The molecule has 0 aliphatic heterocycles. The van der Waals surface area contributed by atoms with Gasteiger partial charge in [-0.15, -0.1) is 0 Å². The maximum Gasteiger partial charge on any atom is 0.247 e. The second-order valence-corrected chi connectivity index (χ2v) is 9.43. The lowest BCUT2D eigenvalue weighted by Crippen LogP contribution is -2.35. The van der Waals surface area contributed by atoms with Crippen molar-refractivity contribution >= 4 is 52.3 Å². The van der Waals surface area contributed by atoms with Gasteiger partial charge in [-0.1, -0.05) is 32.6 Å². The molecule has 4 rings (SSSR count). The molecule has 4 aromatic rings. The first kappa shape index (κ1) is 28.9. The van der Waals surface area contributed by atoms with Gasteiger partial charge in [0.15, 0.2) is 0 Å². The standard InChI is InChI=1S/C29H36N8O2S/c1-6-29(38)34-23-14-24(27(39-5)16-26(23)37(19-40)12-11-36(7-2)8-3)33-28-15-22(30-18-31-28)20-9-10-21-17-32-35(4)25(21)13-20/h6,9-10,13-18,40H,1,7-8,11-12,19H2,2-5H3,(H,34,38)(H,30,31,33). The summed E-state index contributed by atoms with van der Waals surface area (Å²) in [6.45, 7) is 11.4. The molecule has 0 spiro atoms. The lowest BCUT2D eigenvalue weighted by molar-refractivity contribution is -0.111. The average Bonchev–Trinajstić information content (AvgIpc) is 3.35. The number of aromatic nitrogens is 4. The number of amides is 1. The van der Waals surface area contributed by atoms with Crippen LogP contribution in [-0.4, -0.2) is 69.7 Å². The van der Waals surface area contributed by atoms with Crippen molar-refractivity contribution in [1.29, 1.82) is 0 Å². The number of ether oxygens (including phenoxy) is 1. The summed E-state index contributed by atoms with van der Waals surface area (Å²) in [5.74, 6) is 1.33. The monoisotopic (exact) mass is 560 g/mol.